The Kier molecular flexibility index (Phi) is 4.81. The Bertz CT molecular complexity index is 786. The molecule has 5 nitrogen and oxygen atoms in total. The van der Waals surface area contributed by atoms with Gasteiger partial charge < -0.3 is 14.4 Å². The molecule has 0 aliphatic carbocycles. The van der Waals surface area contributed by atoms with Gasteiger partial charge in [0.1, 0.15) is 0 Å². The van der Waals surface area contributed by atoms with E-state index in [-0.39, 0.29) is 11.1 Å². The van der Waals surface area contributed by atoms with E-state index < -0.39 is 5.97 Å². The van der Waals surface area contributed by atoms with E-state index in [4.69, 9.17) is 4.74 Å². The highest BCUT2D eigenvalue weighted by Crippen LogP contribution is 2.20. The van der Waals surface area contributed by atoms with Gasteiger partial charge in [-0.2, -0.15) is 0 Å². The number of pyridine rings is 1. The molecule has 0 radical (unpaired) electrons. The maximum Gasteiger partial charge on any atom is 0.337 e. The summed E-state index contributed by atoms with van der Waals surface area (Å²) in [4.78, 5) is 24.3. The van der Waals surface area contributed by atoms with Gasteiger partial charge in [0.15, 0.2) is 0 Å². The summed E-state index contributed by atoms with van der Waals surface area (Å²) in [5.41, 5.74) is 2.26. The predicted molar refractivity (Wildman–Crippen MR) is 91.4 cm³/mol. The highest BCUT2D eigenvalue weighted by Gasteiger charge is 2.18. The minimum Gasteiger partial charge on any atom is -0.478 e. The lowest BCUT2D eigenvalue weighted by molar-refractivity contribution is 0.0606. The van der Waals surface area contributed by atoms with Crippen LogP contribution in [0.4, 0.5) is 0 Å². The van der Waals surface area contributed by atoms with Crippen molar-refractivity contribution in [1.82, 2.24) is 4.57 Å². The molecule has 1 fully saturated rings. The number of ether oxygens (including phenoxy) is 1. The number of benzene rings is 1. The van der Waals surface area contributed by atoms with Crippen molar-refractivity contribution in [3.63, 3.8) is 0 Å². The lowest BCUT2D eigenvalue weighted by Gasteiger charge is -2.23. The molecule has 2 heterocycles. The van der Waals surface area contributed by atoms with E-state index in [0.29, 0.717) is 31.2 Å². The van der Waals surface area contributed by atoms with Gasteiger partial charge in [0, 0.05) is 31.5 Å². The maximum absolute atomic E-state index is 12.8. The molecule has 0 spiro atoms. The average Bonchev–Trinajstić information content (AvgIpc) is 2.58. The number of aromatic nitrogens is 1. The summed E-state index contributed by atoms with van der Waals surface area (Å²) in [5, 5.41) is 9.39. The number of aromatic carboxylic acids is 1. The second kappa shape index (κ2) is 7.01. The number of nitrogens with zero attached hydrogens (tertiary/aromatic N) is 1. The van der Waals surface area contributed by atoms with E-state index in [9.17, 15) is 14.7 Å². The monoisotopic (exact) mass is 327 g/mol. The molecule has 1 aromatic carbocycles. The topological polar surface area (TPSA) is 68.5 Å². The van der Waals surface area contributed by atoms with Crippen molar-refractivity contribution in [3.05, 3.63) is 58.0 Å². The summed E-state index contributed by atoms with van der Waals surface area (Å²) in [6, 6.07) is 9.03. The normalized spacial score (nSPS) is 15.4. The van der Waals surface area contributed by atoms with E-state index in [1.807, 2.05) is 31.2 Å². The van der Waals surface area contributed by atoms with E-state index >= 15 is 0 Å². The molecule has 0 saturated carbocycles. The van der Waals surface area contributed by atoms with E-state index in [2.05, 4.69) is 0 Å². The number of rotatable bonds is 4. The number of hydrogen-bond acceptors (Lipinski definition) is 3. The molecule has 1 saturated heterocycles. The fourth-order valence-electron chi connectivity index (χ4n) is 3.04. The Labute approximate surface area is 140 Å². The second-order valence-corrected chi connectivity index (χ2v) is 6.33. The van der Waals surface area contributed by atoms with Crippen LogP contribution in [0.1, 0.15) is 28.8 Å². The maximum atomic E-state index is 12.8. The van der Waals surface area contributed by atoms with Crippen LogP contribution in [-0.4, -0.2) is 28.9 Å². The van der Waals surface area contributed by atoms with Gasteiger partial charge in [-0.05, 0) is 37.3 Å². The summed E-state index contributed by atoms with van der Waals surface area (Å²) < 4.78 is 6.90. The third-order valence-electron chi connectivity index (χ3n) is 4.49. The Balaban J connectivity index is 2.03. The van der Waals surface area contributed by atoms with Gasteiger partial charge in [-0.1, -0.05) is 29.8 Å². The highest BCUT2D eigenvalue weighted by atomic mass is 16.5. The predicted octanol–water partition coefficient (Wildman–Crippen LogP) is 2.95. The Hall–Kier alpha value is -2.40. The molecular weight excluding hydrogens is 306 g/mol. The van der Waals surface area contributed by atoms with Gasteiger partial charge in [0.25, 0.3) is 5.56 Å². The van der Waals surface area contributed by atoms with Crippen LogP contribution in [0, 0.1) is 12.8 Å². The van der Waals surface area contributed by atoms with Gasteiger partial charge >= 0.3 is 5.97 Å². The number of hydrogen-bond donors (Lipinski definition) is 1. The molecular formula is C19H21NO4. The van der Waals surface area contributed by atoms with Crippen molar-refractivity contribution in [2.75, 3.05) is 13.2 Å². The van der Waals surface area contributed by atoms with Crippen LogP contribution in [0.2, 0.25) is 0 Å². The number of carbonyl (C=O) groups is 1. The summed E-state index contributed by atoms with van der Waals surface area (Å²) in [6.07, 6.45) is 3.24. The van der Waals surface area contributed by atoms with Gasteiger partial charge in [-0.25, -0.2) is 4.79 Å². The third kappa shape index (κ3) is 3.57. The molecule has 0 amide bonds. The second-order valence-electron chi connectivity index (χ2n) is 6.33. The molecule has 1 N–H and O–H groups in total. The zero-order valence-corrected chi connectivity index (χ0v) is 13.7. The Morgan fingerprint density at radius 2 is 1.92 bits per heavy atom. The first-order chi connectivity index (χ1) is 11.5. The van der Waals surface area contributed by atoms with Crippen molar-refractivity contribution < 1.29 is 14.6 Å². The number of carboxylic acid groups (broad SMARTS) is 1. The van der Waals surface area contributed by atoms with Crippen molar-refractivity contribution >= 4 is 5.97 Å². The SMILES string of the molecule is Cc1ccc(-c2cc(C(=O)O)cn(CC3CCOCC3)c2=O)cc1. The van der Waals surface area contributed by atoms with Gasteiger partial charge in [-0.15, -0.1) is 0 Å². The van der Waals surface area contributed by atoms with E-state index in [0.717, 1.165) is 24.0 Å². The zero-order chi connectivity index (χ0) is 17.1. The minimum absolute atomic E-state index is 0.136. The molecule has 0 bridgehead atoms. The van der Waals surface area contributed by atoms with Crippen LogP contribution in [0.3, 0.4) is 0 Å². The third-order valence-corrected chi connectivity index (χ3v) is 4.49. The molecule has 1 aliphatic rings. The summed E-state index contributed by atoms with van der Waals surface area (Å²) >= 11 is 0. The van der Waals surface area contributed by atoms with Crippen molar-refractivity contribution in [2.24, 2.45) is 5.92 Å². The van der Waals surface area contributed by atoms with Crippen LogP contribution in [-0.2, 0) is 11.3 Å². The van der Waals surface area contributed by atoms with Crippen LogP contribution in [0.15, 0.2) is 41.3 Å². The molecule has 5 heteroatoms. The standard InChI is InChI=1S/C19H21NO4/c1-13-2-4-15(5-3-13)17-10-16(19(22)23)12-20(18(17)21)11-14-6-8-24-9-7-14/h2-5,10,12,14H,6-9,11H2,1H3,(H,22,23). The molecule has 1 aliphatic heterocycles. The van der Waals surface area contributed by atoms with Crippen LogP contribution < -0.4 is 5.56 Å². The average molecular weight is 327 g/mol. The lowest BCUT2D eigenvalue weighted by atomic mass is 9.99. The summed E-state index contributed by atoms with van der Waals surface area (Å²) in [5.74, 6) is -0.685. The Morgan fingerprint density at radius 1 is 1.25 bits per heavy atom. The van der Waals surface area contributed by atoms with Crippen LogP contribution >= 0.6 is 0 Å². The van der Waals surface area contributed by atoms with Crippen molar-refractivity contribution in [1.29, 1.82) is 0 Å². The van der Waals surface area contributed by atoms with Gasteiger partial charge in [-0.3, -0.25) is 4.79 Å². The molecule has 3 rings (SSSR count). The smallest absolute Gasteiger partial charge is 0.337 e. The molecule has 0 unspecified atom stereocenters. The lowest BCUT2D eigenvalue weighted by Crippen LogP contribution is -2.29. The van der Waals surface area contributed by atoms with Crippen molar-refractivity contribution in [2.45, 2.75) is 26.3 Å². The molecule has 126 valence electrons. The summed E-state index contributed by atoms with van der Waals surface area (Å²) in [7, 11) is 0. The first kappa shape index (κ1) is 16.5. The number of aryl methyl sites for hydroxylation is 1. The zero-order valence-electron chi connectivity index (χ0n) is 13.7. The Morgan fingerprint density at radius 3 is 2.54 bits per heavy atom. The van der Waals surface area contributed by atoms with Gasteiger partial charge in [0.2, 0.25) is 0 Å². The fourth-order valence-corrected chi connectivity index (χ4v) is 3.04. The minimum atomic E-state index is -1.02. The van der Waals surface area contributed by atoms with Crippen LogP contribution in [0.25, 0.3) is 11.1 Å². The first-order valence-electron chi connectivity index (χ1n) is 8.17. The van der Waals surface area contributed by atoms with Crippen molar-refractivity contribution in [3.8, 4) is 11.1 Å². The van der Waals surface area contributed by atoms with Crippen LogP contribution in [0.5, 0.6) is 0 Å². The quantitative estimate of drug-likeness (QED) is 0.937. The fraction of sp³-hybridized carbons (Fsp3) is 0.368. The van der Waals surface area contributed by atoms with Gasteiger partial charge in [0.05, 0.1) is 5.56 Å². The first-order valence-corrected chi connectivity index (χ1v) is 8.17. The molecule has 2 aromatic rings. The van der Waals surface area contributed by atoms with E-state index in [1.54, 1.807) is 4.57 Å². The largest absolute Gasteiger partial charge is 0.478 e. The molecule has 24 heavy (non-hydrogen) atoms. The number of carboxylic acids is 1. The molecule has 0 atom stereocenters. The summed E-state index contributed by atoms with van der Waals surface area (Å²) in [6.45, 7) is 3.90. The highest BCUT2D eigenvalue weighted by molar-refractivity contribution is 5.88. The molecule has 1 aromatic heterocycles. The van der Waals surface area contributed by atoms with E-state index in [1.165, 1.54) is 12.3 Å².